The van der Waals surface area contributed by atoms with E-state index in [1.165, 1.54) is 0 Å². The molecule has 0 spiro atoms. The molecule has 0 unspecified atom stereocenters. The zero-order chi connectivity index (χ0) is 3.54. The Morgan fingerprint density at radius 3 is 2.50 bits per heavy atom. The van der Waals surface area contributed by atoms with Crippen LogP contribution < -0.4 is 18.9 Å². The van der Waals surface area contributed by atoms with Crippen LogP contribution in [0.25, 0.3) is 0 Å². The van der Waals surface area contributed by atoms with Crippen molar-refractivity contribution < 1.29 is 18.9 Å². The van der Waals surface area contributed by atoms with Gasteiger partial charge in [-0.2, -0.15) is 0 Å². The number of nitrogens with one attached hydrogen (secondary N) is 1. The Morgan fingerprint density at radius 1 is 1.50 bits per heavy atom. The minimum atomic E-state index is 0. The van der Waals surface area contributed by atoms with E-state index < -0.39 is 0 Å². The third-order valence-corrected chi connectivity index (χ3v) is 0.239. The maximum atomic E-state index is 3.25. The minimum absolute atomic E-state index is 0. The van der Waals surface area contributed by atoms with Crippen molar-refractivity contribution in [3.8, 4) is 0 Å². The Hall–Kier alpha value is -0.333. The third kappa shape index (κ3) is 1.20. The van der Waals surface area contributed by atoms with Gasteiger partial charge in [0.15, 0.2) is 0 Å². The van der Waals surface area contributed by atoms with Crippen LogP contribution in [-0.4, -0.2) is 20.6 Å². The van der Waals surface area contributed by atoms with Crippen LogP contribution in [0.3, 0.4) is 0 Å². The number of H-pyrrole nitrogens is 1. The smallest absolute Gasteiger partial charge is 0.357 e. The molecule has 1 N–H and O–H groups in total. The zero-order valence-corrected chi connectivity index (χ0v) is 3.34. The summed E-state index contributed by atoms with van der Waals surface area (Å²) >= 11 is 0. The molecule has 0 saturated carbocycles. The molecule has 0 amide bonds. The molecule has 0 aliphatic carbocycles. The van der Waals surface area contributed by atoms with Crippen LogP contribution in [-0.2, 0) is 0 Å². The summed E-state index contributed by atoms with van der Waals surface area (Å²) in [5, 5.41) is 11.8. The second-order valence-electron chi connectivity index (χ2n) is 0.512. The predicted molar refractivity (Wildman–Crippen MR) is 13.0 cm³/mol. The summed E-state index contributed by atoms with van der Waals surface area (Å²) < 4.78 is 0. The van der Waals surface area contributed by atoms with E-state index in [1.54, 1.807) is 0 Å². The molecule has 0 bridgehead atoms. The molecular formula is CHLiN4. The fourth-order valence-corrected chi connectivity index (χ4v) is 0.112. The van der Waals surface area contributed by atoms with Gasteiger partial charge in [-0.15, -0.1) is 0 Å². The Kier molecular flexibility index (Phi) is 2.72. The molecule has 1 heterocycles. The van der Waals surface area contributed by atoms with Gasteiger partial charge in [0.1, 0.15) is 0 Å². The Labute approximate surface area is 46.5 Å². The quantitative estimate of drug-likeness (QED) is 0.253. The van der Waals surface area contributed by atoms with E-state index in [-0.39, 0.29) is 18.9 Å². The van der Waals surface area contributed by atoms with Crippen molar-refractivity contribution in [1.29, 1.82) is 0 Å². The number of aromatic nitrogens is 4. The second-order valence-corrected chi connectivity index (χ2v) is 0.512. The summed E-state index contributed by atoms with van der Waals surface area (Å²) in [7, 11) is 0. The van der Waals surface area contributed by atoms with Crippen LogP contribution in [0.4, 0.5) is 0 Å². The largest absolute Gasteiger partial charge is 1.00 e. The molecule has 0 atom stereocenters. The predicted octanol–water partition coefficient (Wildman–Crippen LogP) is -4.00. The van der Waals surface area contributed by atoms with Crippen molar-refractivity contribution in [2.24, 2.45) is 0 Å². The summed E-state index contributed by atoms with van der Waals surface area (Å²) in [6, 6.07) is 0. The monoisotopic (exact) mass is 76.0 g/mol. The first-order valence-corrected chi connectivity index (χ1v) is 1.09. The number of hydrogen-bond acceptors (Lipinski definition) is 3. The average Bonchev–Trinajstić information content (AvgIpc) is 1.76. The summed E-state index contributed by atoms with van der Waals surface area (Å²) in [4.78, 5) is 0. The second kappa shape index (κ2) is 2.88. The molecule has 1 aromatic rings. The maximum absolute atomic E-state index is 3.25. The van der Waals surface area contributed by atoms with Gasteiger partial charge in [-0.05, 0) is 0 Å². The van der Waals surface area contributed by atoms with Crippen LogP contribution in [0.15, 0.2) is 0 Å². The molecule has 1 rings (SSSR count). The Balaban J connectivity index is 0.000000250. The summed E-state index contributed by atoms with van der Waals surface area (Å²) in [6.07, 6.45) is 2.19. The van der Waals surface area contributed by atoms with Gasteiger partial charge in [-0.3, -0.25) is 0 Å². The number of hydrogen-bond donors (Lipinski definition) is 1. The van der Waals surface area contributed by atoms with Crippen LogP contribution >= 0.6 is 0 Å². The van der Waals surface area contributed by atoms with Gasteiger partial charge in [0, 0.05) is 0 Å². The summed E-state index contributed by atoms with van der Waals surface area (Å²) in [5.41, 5.74) is 0. The van der Waals surface area contributed by atoms with Gasteiger partial charge in [-0.25, -0.2) is 11.5 Å². The van der Waals surface area contributed by atoms with E-state index >= 15 is 0 Å². The van der Waals surface area contributed by atoms with Gasteiger partial charge in [0.2, 0.25) is 0 Å². The number of aromatic amines is 1. The molecule has 0 aliphatic rings. The van der Waals surface area contributed by atoms with Gasteiger partial charge >= 0.3 is 18.9 Å². The maximum Gasteiger partial charge on any atom is 1.00 e. The molecule has 0 radical (unpaired) electrons. The number of tetrazole rings is 1. The molecule has 0 aliphatic heterocycles. The molecule has 0 aromatic carbocycles. The van der Waals surface area contributed by atoms with Crippen molar-refractivity contribution in [1.82, 2.24) is 20.6 Å². The van der Waals surface area contributed by atoms with Crippen molar-refractivity contribution in [3.05, 3.63) is 6.33 Å². The van der Waals surface area contributed by atoms with Crippen molar-refractivity contribution in [3.63, 3.8) is 0 Å². The molecular weight excluding hydrogens is 75.0 g/mol. The standard InChI is InChI=1S/CHN4.Li/c1-2-4-5-3-1;/h(H,2,3,4,5);/q-1;+1. The first-order valence-electron chi connectivity index (χ1n) is 1.09. The van der Waals surface area contributed by atoms with Gasteiger partial charge in [-0.1, -0.05) is 5.21 Å². The molecule has 5 heteroatoms. The van der Waals surface area contributed by atoms with E-state index in [0.29, 0.717) is 0 Å². The first kappa shape index (κ1) is 5.67. The van der Waals surface area contributed by atoms with E-state index in [2.05, 4.69) is 27.0 Å². The molecule has 0 fully saturated rings. The third-order valence-electron chi connectivity index (χ3n) is 0.239. The topological polar surface area (TPSA) is 54.5 Å². The molecule has 6 heavy (non-hydrogen) atoms. The van der Waals surface area contributed by atoms with Crippen LogP contribution in [0.1, 0.15) is 0 Å². The van der Waals surface area contributed by atoms with Gasteiger partial charge in [0.05, 0.1) is 0 Å². The van der Waals surface area contributed by atoms with E-state index in [1.807, 2.05) is 0 Å². The number of rotatable bonds is 0. The van der Waals surface area contributed by atoms with Crippen molar-refractivity contribution >= 4 is 0 Å². The minimum Gasteiger partial charge on any atom is -0.357 e. The van der Waals surface area contributed by atoms with E-state index in [0.717, 1.165) is 0 Å². The molecule has 0 saturated heterocycles. The molecule has 4 nitrogen and oxygen atoms in total. The van der Waals surface area contributed by atoms with Crippen LogP contribution in [0, 0.1) is 6.33 Å². The molecule has 1 aromatic heterocycles. The van der Waals surface area contributed by atoms with Crippen LogP contribution in [0.5, 0.6) is 0 Å². The van der Waals surface area contributed by atoms with Gasteiger partial charge < -0.3 is 10.2 Å². The zero-order valence-electron chi connectivity index (χ0n) is 3.34. The summed E-state index contributed by atoms with van der Waals surface area (Å²) in [6.45, 7) is 0. The van der Waals surface area contributed by atoms with Crippen LogP contribution in [0.2, 0.25) is 0 Å². The first-order chi connectivity index (χ1) is 2.50. The van der Waals surface area contributed by atoms with E-state index in [9.17, 15) is 0 Å². The normalized spacial score (nSPS) is 6.67. The number of nitrogens with zero attached hydrogens (tertiary/aromatic N) is 3. The fourth-order valence-electron chi connectivity index (χ4n) is 0.112. The SMILES string of the molecule is [Li+].[c-]1nn[nH]n1. The van der Waals surface area contributed by atoms with E-state index in [4.69, 9.17) is 0 Å². The fraction of sp³-hybridized carbons (Fsp3) is 0. The average molecular weight is 76.0 g/mol. The summed E-state index contributed by atoms with van der Waals surface area (Å²) in [5.74, 6) is 0. The Morgan fingerprint density at radius 2 is 2.33 bits per heavy atom. The molecule has 26 valence electrons. The van der Waals surface area contributed by atoms with Crippen molar-refractivity contribution in [2.75, 3.05) is 0 Å². The van der Waals surface area contributed by atoms with Crippen molar-refractivity contribution in [2.45, 2.75) is 0 Å². The Bertz CT molecular complexity index is 64.0. The van der Waals surface area contributed by atoms with Gasteiger partial charge in [0.25, 0.3) is 0 Å².